The molecule has 1 aliphatic heterocycles. The van der Waals surface area contributed by atoms with Crippen LogP contribution in [0.25, 0.3) is 0 Å². The van der Waals surface area contributed by atoms with Gasteiger partial charge in [0.25, 0.3) is 11.5 Å². The van der Waals surface area contributed by atoms with E-state index in [9.17, 15) is 9.59 Å². The number of halogens is 1. The van der Waals surface area contributed by atoms with Gasteiger partial charge in [0, 0.05) is 35.5 Å². The molecule has 1 fully saturated rings. The van der Waals surface area contributed by atoms with Gasteiger partial charge in [0.15, 0.2) is 11.5 Å². The van der Waals surface area contributed by atoms with Gasteiger partial charge in [-0.05, 0) is 84.2 Å². The predicted octanol–water partition coefficient (Wildman–Crippen LogP) is 4.49. The summed E-state index contributed by atoms with van der Waals surface area (Å²) in [6, 6.07) is 4.17. The molecule has 1 aromatic carbocycles. The summed E-state index contributed by atoms with van der Waals surface area (Å²) in [5.41, 5.74) is 3.21. The maximum atomic E-state index is 13.4. The van der Waals surface area contributed by atoms with Crippen LogP contribution in [0.3, 0.4) is 0 Å². The quantitative estimate of drug-likeness (QED) is 0.653. The van der Waals surface area contributed by atoms with Gasteiger partial charge in [-0.2, -0.15) is 0 Å². The summed E-state index contributed by atoms with van der Waals surface area (Å²) in [7, 11) is 5.97. The first-order chi connectivity index (χ1) is 16.6. The number of rotatable bonds is 5. The lowest BCUT2D eigenvalue weighted by Crippen LogP contribution is -2.41. The highest BCUT2D eigenvalue weighted by atomic mass is 35.5. The maximum Gasteiger partial charge on any atom is 0.254 e. The third-order valence-electron chi connectivity index (χ3n) is 7.56. The van der Waals surface area contributed by atoms with E-state index in [1.807, 2.05) is 26.8 Å². The number of hydrogen-bond donors (Lipinski definition) is 1. The molecule has 1 aromatic heterocycles. The number of ether oxygens (including phenoxy) is 2. The number of nitrogens with one attached hydrogen (secondary N) is 1. The summed E-state index contributed by atoms with van der Waals surface area (Å²) >= 11 is 6.55. The summed E-state index contributed by atoms with van der Waals surface area (Å²) in [5, 5.41) is 0.362. The number of hydrogen-bond acceptors (Lipinski definition) is 5. The molecular formula is C27H36ClN3O4. The third-order valence-corrected chi connectivity index (χ3v) is 7.84. The fourth-order valence-electron chi connectivity index (χ4n) is 5.37. The van der Waals surface area contributed by atoms with Crippen molar-refractivity contribution in [2.75, 3.05) is 27.7 Å². The second kappa shape index (κ2) is 10.2. The molecule has 2 aliphatic rings. The predicted molar refractivity (Wildman–Crippen MR) is 138 cm³/mol. The van der Waals surface area contributed by atoms with Gasteiger partial charge in [-0.1, -0.05) is 11.6 Å². The lowest BCUT2D eigenvalue weighted by atomic mass is 9.82. The van der Waals surface area contributed by atoms with E-state index in [2.05, 4.69) is 24.0 Å². The highest BCUT2D eigenvalue weighted by Gasteiger charge is 2.35. The van der Waals surface area contributed by atoms with Crippen LogP contribution >= 0.6 is 11.6 Å². The number of aromatic amines is 1. The van der Waals surface area contributed by atoms with Crippen LogP contribution in [0.1, 0.15) is 58.4 Å². The number of H-pyrrole nitrogens is 1. The molecule has 35 heavy (non-hydrogen) atoms. The first kappa shape index (κ1) is 25.6. The molecular weight excluding hydrogens is 466 g/mol. The van der Waals surface area contributed by atoms with Crippen molar-refractivity contribution in [3.8, 4) is 11.5 Å². The van der Waals surface area contributed by atoms with Crippen LogP contribution in [0, 0.1) is 26.7 Å². The molecule has 0 bridgehead atoms. The van der Waals surface area contributed by atoms with Crippen molar-refractivity contribution >= 4 is 17.5 Å². The van der Waals surface area contributed by atoms with Gasteiger partial charge in [-0.3, -0.25) is 9.59 Å². The number of aryl methyl sites for hydroxylation is 2. The SMILES string of the molecule is Cc1cc(C)c(CN(C)C(=O)c2cc(Cl)c3c(c2C)O[C@@H](C2CCC(N(C)C)CC2)CO3)c(=O)[nH]1. The number of benzene rings is 1. The number of pyridine rings is 1. The molecule has 190 valence electrons. The van der Waals surface area contributed by atoms with E-state index in [0.29, 0.717) is 51.8 Å². The number of aromatic nitrogens is 1. The van der Waals surface area contributed by atoms with Gasteiger partial charge in [-0.25, -0.2) is 0 Å². The van der Waals surface area contributed by atoms with Crippen LogP contribution in [0.5, 0.6) is 11.5 Å². The molecule has 1 aliphatic carbocycles. The molecule has 8 heteroatoms. The van der Waals surface area contributed by atoms with E-state index in [1.54, 1.807) is 18.0 Å². The highest BCUT2D eigenvalue weighted by Crippen LogP contribution is 2.45. The van der Waals surface area contributed by atoms with Gasteiger partial charge in [0.05, 0.1) is 11.6 Å². The Kier molecular flexibility index (Phi) is 7.48. The van der Waals surface area contributed by atoms with Crippen molar-refractivity contribution in [1.82, 2.24) is 14.8 Å². The molecule has 1 saturated carbocycles. The van der Waals surface area contributed by atoms with Gasteiger partial charge < -0.3 is 24.3 Å². The lowest BCUT2D eigenvalue weighted by molar-refractivity contribution is 0.0239. The van der Waals surface area contributed by atoms with E-state index in [4.69, 9.17) is 21.1 Å². The smallest absolute Gasteiger partial charge is 0.254 e. The Labute approximate surface area is 212 Å². The molecule has 1 atom stereocenters. The Bertz CT molecular complexity index is 1170. The second-order valence-electron chi connectivity index (χ2n) is 10.3. The topological polar surface area (TPSA) is 74.9 Å². The maximum absolute atomic E-state index is 13.4. The summed E-state index contributed by atoms with van der Waals surface area (Å²) in [5.74, 6) is 1.26. The fourth-order valence-corrected chi connectivity index (χ4v) is 5.62. The van der Waals surface area contributed by atoms with Gasteiger partial charge in [0.2, 0.25) is 0 Å². The minimum absolute atomic E-state index is 0.0581. The van der Waals surface area contributed by atoms with Crippen molar-refractivity contribution in [2.24, 2.45) is 5.92 Å². The highest BCUT2D eigenvalue weighted by molar-refractivity contribution is 6.32. The van der Waals surface area contributed by atoms with E-state index in [-0.39, 0.29) is 24.1 Å². The van der Waals surface area contributed by atoms with E-state index < -0.39 is 0 Å². The molecule has 0 spiro atoms. The molecule has 4 rings (SSSR count). The van der Waals surface area contributed by atoms with Crippen molar-refractivity contribution in [3.05, 3.63) is 55.5 Å². The van der Waals surface area contributed by atoms with Crippen molar-refractivity contribution < 1.29 is 14.3 Å². The Morgan fingerprint density at radius 2 is 1.77 bits per heavy atom. The van der Waals surface area contributed by atoms with Crippen LogP contribution < -0.4 is 15.0 Å². The Balaban J connectivity index is 1.54. The van der Waals surface area contributed by atoms with Crippen molar-refractivity contribution in [2.45, 2.75) is 65.1 Å². The summed E-state index contributed by atoms with van der Waals surface area (Å²) in [4.78, 5) is 32.6. The van der Waals surface area contributed by atoms with E-state index in [0.717, 1.165) is 36.9 Å². The van der Waals surface area contributed by atoms with Gasteiger partial charge in [0.1, 0.15) is 12.7 Å². The first-order valence-electron chi connectivity index (χ1n) is 12.3. The normalized spacial score (nSPS) is 21.8. The summed E-state index contributed by atoms with van der Waals surface area (Å²) < 4.78 is 12.5. The van der Waals surface area contributed by atoms with E-state index in [1.165, 1.54) is 0 Å². The fraction of sp³-hybridized carbons (Fsp3) is 0.556. The molecule has 1 amide bonds. The van der Waals surface area contributed by atoms with Crippen LogP contribution in [-0.2, 0) is 6.54 Å². The summed E-state index contributed by atoms with van der Waals surface area (Å²) in [6.07, 6.45) is 4.41. The van der Waals surface area contributed by atoms with Gasteiger partial charge >= 0.3 is 0 Å². The second-order valence-corrected chi connectivity index (χ2v) is 10.7. The van der Waals surface area contributed by atoms with Crippen molar-refractivity contribution in [3.63, 3.8) is 0 Å². The molecule has 7 nitrogen and oxygen atoms in total. The number of amides is 1. The number of fused-ring (bicyclic) bond motifs is 1. The molecule has 0 radical (unpaired) electrons. The third kappa shape index (κ3) is 5.21. The monoisotopic (exact) mass is 501 g/mol. The first-order valence-corrected chi connectivity index (χ1v) is 12.7. The average Bonchev–Trinajstić information content (AvgIpc) is 2.82. The minimum atomic E-state index is -0.219. The molecule has 1 N–H and O–H groups in total. The largest absolute Gasteiger partial charge is 0.484 e. The molecule has 2 aromatic rings. The van der Waals surface area contributed by atoms with E-state index >= 15 is 0 Å². The lowest BCUT2D eigenvalue weighted by Gasteiger charge is -2.38. The number of carbonyl (C=O) groups is 1. The standard InChI is InChI=1S/C27H36ClN3O4/c1-15-11-16(2)29-26(32)21(15)13-31(6)27(33)20-12-22(28)25-24(17(20)3)35-23(14-34-25)18-7-9-19(10-8-18)30(4)5/h11-12,18-19,23H,7-10,13-14H2,1-6H3,(H,29,32)/t18?,19?,23-/m1/s1. The van der Waals surface area contributed by atoms with Crippen LogP contribution in [0.2, 0.25) is 5.02 Å². The Hall–Kier alpha value is -2.51. The van der Waals surface area contributed by atoms with Gasteiger partial charge in [-0.15, -0.1) is 0 Å². The van der Waals surface area contributed by atoms with Crippen LogP contribution in [0.4, 0.5) is 0 Å². The Morgan fingerprint density at radius 3 is 2.40 bits per heavy atom. The van der Waals surface area contributed by atoms with Crippen LogP contribution in [-0.4, -0.2) is 60.6 Å². The zero-order valence-corrected chi connectivity index (χ0v) is 22.3. The van der Waals surface area contributed by atoms with Crippen LogP contribution in [0.15, 0.2) is 16.9 Å². The Morgan fingerprint density at radius 1 is 1.09 bits per heavy atom. The minimum Gasteiger partial charge on any atom is -0.484 e. The zero-order chi connectivity index (χ0) is 25.4. The number of carbonyl (C=O) groups excluding carboxylic acids is 1. The molecule has 0 unspecified atom stereocenters. The summed E-state index contributed by atoms with van der Waals surface area (Å²) in [6.45, 7) is 6.26. The zero-order valence-electron chi connectivity index (χ0n) is 21.5. The molecule has 2 heterocycles. The molecule has 0 saturated heterocycles. The average molecular weight is 502 g/mol. The number of nitrogens with zero attached hydrogens (tertiary/aromatic N) is 2. The van der Waals surface area contributed by atoms with Crippen molar-refractivity contribution in [1.29, 1.82) is 0 Å².